The topological polar surface area (TPSA) is 88.1 Å². The van der Waals surface area contributed by atoms with Crippen LogP contribution in [0.4, 0.5) is 5.69 Å². The molecule has 0 aromatic heterocycles. The van der Waals surface area contributed by atoms with Gasteiger partial charge in [0.05, 0.1) is 6.54 Å². The second-order valence-electron chi connectivity index (χ2n) is 5.37. The Morgan fingerprint density at radius 2 is 2.05 bits per heavy atom. The molecule has 0 spiro atoms. The van der Waals surface area contributed by atoms with Crippen molar-refractivity contribution in [3.63, 3.8) is 0 Å². The lowest BCUT2D eigenvalue weighted by Gasteiger charge is -2.21. The molecule has 2 heterocycles. The van der Waals surface area contributed by atoms with Gasteiger partial charge in [0.2, 0.25) is 5.91 Å². The number of carboxylic acid groups (broad SMARTS) is 1. The van der Waals surface area contributed by atoms with Crippen LogP contribution in [-0.2, 0) is 9.59 Å². The van der Waals surface area contributed by atoms with Crippen molar-refractivity contribution in [1.82, 2.24) is 4.90 Å². The fourth-order valence-corrected chi connectivity index (χ4v) is 2.80. The maximum atomic E-state index is 12.1. The number of benzene rings is 1. The number of hydrogen-bond acceptors (Lipinski definition) is 5. The van der Waals surface area contributed by atoms with Crippen LogP contribution < -0.4 is 14.8 Å². The SMILES string of the molecule is O=C(CN1CCC[C@H]1C(=O)O)Nc1ccc2c(c1)OCCO2. The summed E-state index contributed by atoms with van der Waals surface area (Å²) in [6.07, 6.45) is 1.39. The Bertz CT molecular complexity index is 589. The van der Waals surface area contributed by atoms with E-state index in [1.165, 1.54) is 0 Å². The van der Waals surface area contributed by atoms with E-state index in [1.54, 1.807) is 23.1 Å². The number of nitrogens with zero attached hydrogens (tertiary/aromatic N) is 1. The minimum absolute atomic E-state index is 0.0748. The number of carbonyl (C=O) groups is 2. The number of anilines is 1. The van der Waals surface area contributed by atoms with Gasteiger partial charge in [0.15, 0.2) is 11.5 Å². The summed E-state index contributed by atoms with van der Waals surface area (Å²) in [5.74, 6) is 0.165. The summed E-state index contributed by atoms with van der Waals surface area (Å²) in [5.41, 5.74) is 0.611. The third kappa shape index (κ3) is 3.14. The Hall–Kier alpha value is -2.28. The molecule has 7 heteroatoms. The third-order valence-electron chi connectivity index (χ3n) is 3.82. The summed E-state index contributed by atoms with van der Waals surface area (Å²) >= 11 is 0. The maximum Gasteiger partial charge on any atom is 0.320 e. The molecule has 7 nitrogen and oxygen atoms in total. The molecule has 2 aliphatic rings. The molecule has 0 radical (unpaired) electrons. The number of rotatable bonds is 4. The molecule has 1 aromatic rings. The molecule has 0 saturated carbocycles. The largest absolute Gasteiger partial charge is 0.486 e. The Balaban J connectivity index is 1.61. The van der Waals surface area contributed by atoms with Crippen molar-refractivity contribution in [3.8, 4) is 11.5 Å². The first-order valence-corrected chi connectivity index (χ1v) is 7.30. The number of fused-ring (bicyclic) bond motifs is 1. The van der Waals surface area contributed by atoms with Crippen LogP contribution >= 0.6 is 0 Å². The monoisotopic (exact) mass is 306 g/mol. The molecule has 0 unspecified atom stereocenters. The molecule has 0 bridgehead atoms. The number of hydrogen-bond donors (Lipinski definition) is 2. The van der Waals surface area contributed by atoms with Crippen molar-refractivity contribution in [3.05, 3.63) is 18.2 Å². The van der Waals surface area contributed by atoms with E-state index in [0.717, 1.165) is 6.42 Å². The summed E-state index contributed by atoms with van der Waals surface area (Å²) < 4.78 is 10.9. The molecule has 3 rings (SSSR count). The van der Waals surface area contributed by atoms with E-state index in [-0.39, 0.29) is 12.5 Å². The molecule has 22 heavy (non-hydrogen) atoms. The summed E-state index contributed by atoms with van der Waals surface area (Å²) in [6, 6.07) is 4.64. The molecule has 1 amide bonds. The molecule has 1 aromatic carbocycles. The van der Waals surface area contributed by atoms with Gasteiger partial charge >= 0.3 is 5.97 Å². The van der Waals surface area contributed by atoms with Crippen LogP contribution in [0.25, 0.3) is 0 Å². The molecular weight excluding hydrogens is 288 g/mol. The Labute approximate surface area is 127 Å². The minimum atomic E-state index is -0.871. The number of nitrogens with one attached hydrogen (secondary N) is 1. The fraction of sp³-hybridized carbons (Fsp3) is 0.467. The van der Waals surface area contributed by atoms with Crippen molar-refractivity contribution >= 4 is 17.6 Å². The van der Waals surface area contributed by atoms with Gasteiger partial charge in [0, 0.05) is 11.8 Å². The number of carboxylic acids is 1. The highest BCUT2D eigenvalue weighted by atomic mass is 16.6. The number of carbonyl (C=O) groups excluding carboxylic acids is 1. The number of amides is 1. The maximum absolute atomic E-state index is 12.1. The Morgan fingerprint density at radius 1 is 1.27 bits per heavy atom. The van der Waals surface area contributed by atoms with Gasteiger partial charge in [-0.25, -0.2) is 0 Å². The third-order valence-corrected chi connectivity index (χ3v) is 3.82. The summed E-state index contributed by atoms with van der Waals surface area (Å²) in [6.45, 7) is 1.71. The van der Waals surface area contributed by atoms with Gasteiger partial charge in [-0.3, -0.25) is 14.5 Å². The predicted molar refractivity (Wildman–Crippen MR) is 78.3 cm³/mol. The van der Waals surface area contributed by atoms with E-state index in [1.807, 2.05) is 0 Å². The standard InChI is InChI=1S/C15H18N2O5/c18-14(9-17-5-1-2-11(17)15(19)20)16-10-3-4-12-13(8-10)22-7-6-21-12/h3-4,8,11H,1-2,5-7,9H2,(H,16,18)(H,19,20)/t11-/m0/s1. The zero-order chi connectivity index (χ0) is 15.5. The van der Waals surface area contributed by atoms with Crippen LogP contribution in [0.5, 0.6) is 11.5 Å². The summed E-state index contributed by atoms with van der Waals surface area (Å²) in [4.78, 5) is 24.9. The Morgan fingerprint density at radius 3 is 2.82 bits per heavy atom. The van der Waals surface area contributed by atoms with Crippen LogP contribution in [0.2, 0.25) is 0 Å². The van der Waals surface area contributed by atoms with Gasteiger partial charge in [-0.1, -0.05) is 0 Å². The van der Waals surface area contributed by atoms with Gasteiger partial charge in [-0.05, 0) is 31.5 Å². The van der Waals surface area contributed by atoms with E-state index in [4.69, 9.17) is 14.6 Å². The predicted octanol–water partition coefficient (Wildman–Crippen LogP) is 0.945. The van der Waals surface area contributed by atoms with Gasteiger partial charge in [0.25, 0.3) is 0 Å². The molecule has 1 saturated heterocycles. The van der Waals surface area contributed by atoms with Gasteiger partial charge < -0.3 is 19.9 Å². The highest BCUT2D eigenvalue weighted by Crippen LogP contribution is 2.32. The van der Waals surface area contributed by atoms with Crippen molar-refractivity contribution < 1.29 is 24.2 Å². The zero-order valence-corrected chi connectivity index (χ0v) is 12.1. The Kier molecular flexibility index (Phi) is 4.15. The van der Waals surface area contributed by atoms with Gasteiger partial charge in [0.1, 0.15) is 19.3 Å². The lowest BCUT2D eigenvalue weighted by molar-refractivity contribution is -0.142. The first kappa shape index (κ1) is 14.6. The average Bonchev–Trinajstić information content (AvgIpc) is 2.95. The van der Waals surface area contributed by atoms with Crippen LogP contribution in [0.15, 0.2) is 18.2 Å². The molecule has 0 aliphatic carbocycles. The quantitative estimate of drug-likeness (QED) is 0.861. The van der Waals surface area contributed by atoms with Gasteiger partial charge in [-0.15, -0.1) is 0 Å². The molecule has 118 valence electrons. The lowest BCUT2D eigenvalue weighted by Crippen LogP contribution is -2.40. The number of ether oxygens (including phenoxy) is 2. The summed E-state index contributed by atoms with van der Waals surface area (Å²) in [7, 11) is 0. The van der Waals surface area contributed by atoms with Crippen LogP contribution in [-0.4, -0.2) is 54.2 Å². The zero-order valence-electron chi connectivity index (χ0n) is 12.1. The van der Waals surface area contributed by atoms with E-state index in [2.05, 4.69) is 5.32 Å². The molecule has 1 atom stereocenters. The van der Waals surface area contributed by atoms with E-state index in [9.17, 15) is 9.59 Å². The number of likely N-dealkylation sites (tertiary alicyclic amines) is 1. The minimum Gasteiger partial charge on any atom is -0.486 e. The number of aliphatic carboxylic acids is 1. The summed E-state index contributed by atoms with van der Waals surface area (Å²) in [5, 5.41) is 11.9. The van der Waals surface area contributed by atoms with Crippen LogP contribution in [0.3, 0.4) is 0 Å². The van der Waals surface area contributed by atoms with Crippen molar-refractivity contribution in [2.45, 2.75) is 18.9 Å². The molecule has 2 aliphatic heterocycles. The van der Waals surface area contributed by atoms with Crippen LogP contribution in [0, 0.1) is 0 Å². The fourth-order valence-electron chi connectivity index (χ4n) is 2.80. The first-order chi connectivity index (χ1) is 10.6. The highest BCUT2D eigenvalue weighted by molar-refractivity contribution is 5.93. The van der Waals surface area contributed by atoms with Crippen molar-refractivity contribution in [1.29, 1.82) is 0 Å². The second-order valence-corrected chi connectivity index (χ2v) is 5.37. The normalized spacial score (nSPS) is 20.6. The van der Waals surface area contributed by atoms with Crippen LogP contribution in [0.1, 0.15) is 12.8 Å². The lowest BCUT2D eigenvalue weighted by atomic mass is 10.2. The molecule has 1 fully saturated rings. The molecular formula is C15H18N2O5. The van der Waals surface area contributed by atoms with Crippen molar-refractivity contribution in [2.24, 2.45) is 0 Å². The van der Waals surface area contributed by atoms with E-state index in [0.29, 0.717) is 43.4 Å². The highest BCUT2D eigenvalue weighted by Gasteiger charge is 2.31. The molecule has 2 N–H and O–H groups in total. The van der Waals surface area contributed by atoms with Gasteiger partial charge in [-0.2, -0.15) is 0 Å². The first-order valence-electron chi connectivity index (χ1n) is 7.30. The second kappa shape index (κ2) is 6.23. The smallest absolute Gasteiger partial charge is 0.320 e. The van der Waals surface area contributed by atoms with Crippen molar-refractivity contribution in [2.75, 3.05) is 31.6 Å². The van der Waals surface area contributed by atoms with E-state index < -0.39 is 12.0 Å². The average molecular weight is 306 g/mol. The van der Waals surface area contributed by atoms with E-state index >= 15 is 0 Å².